The number of thiazole rings is 1. The topological polar surface area (TPSA) is 42.2 Å². The van der Waals surface area contributed by atoms with Crippen LogP contribution in [0.15, 0.2) is 0 Å². The van der Waals surface area contributed by atoms with Crippen LogP contribution >= 0.6 is 11.3 Å². The van der Waals surface area contributed by atoms with Gasteiger partial charge in [0.1, 0.15) is 0 Å². The molecular weight excluding hydrogens is 254 g/mol. The Morgan fingerprint density at radius 2 is 1.58 bits per heavy atom. The van der Waals surface area contributed by atoms with Gasteiger partial charge in [0.2, 0.25) is 0 Å². The summed E-state index contributed by atoms with van der Waals surface area (Å²) < 4.78 is 0. The summed E-state index contributed by atoms with van der Waals surface area (Å²) >= 11 is 1.77. The summed E-state index contributed by atoms with van der Waals surface area (Å²) in [5.41, 5.74) is 7.04. The van der Waals surface area contributed by atoms with Crippen LogP contribution in [0.1, 0.15) is 58.0 Å². The Balaban J connectivity index is 3.01. The first-order chi connectivity index (χ1) is 8.85. The van der Waals surface area contributed by atoms with Gasteiger partial charge in [0.05, 0.1) is 5.69 Å². The largest absolute Gasteiger partial charge is 0.348 e. The Morgan fingerprint density at radius 1 is 1.05 bits per heavy atom. The highest BCUT2D eigenvalue weighted by Crippen LogP contribution is 2.31. The first-order valence-corrected chi connectivity index (χ1v) is 8.11. The van der Waals surface area contributed by atoms with Gasteiger partial charge in [-0.25, -0.2) is 4.98 Å². The van der Waals surface area contributed by atoms with Gasteiger partial charge in [-0.3, -0.25) is 0 Å². The Bertz CT molecular complexity index is 373. The highest BCUT2D eigenvalue weighted by atomic mass is 32.1. The Labute approximate surface area is 122 Å². The second-order valence-corrected chi connectivity index (χ2v) is 7.42. The molecule has 0 spiro atoms. The van der Waals surface area contributed by atoms with Crippen molar-refractivity contribution in [3.05, 3.63) is 10.6 Å². The molecule has 4 heteroatoms. The minimum atomic E-state index is 0.448. The van der Waals surface area contributed by atoms with Crippen molar-refractivity contribution in [2.75, 3.05) is 18.0 Å². The van der Waals surface area contributed by atoms with E-state index >= 15 is 0 Å². The Kier molecular flexibility index (Phi) is 6.27. The van der Waals surface area contributed by atoms with Gasteiger partial charge < -0.3 is 10.6 Å². The molecule has 1 rings (SSSR count). The minimum absolute atomic E-state index is 0.448. The van der Waals surface area contributed by atoms with Crippen LogP contribution in [-0.2, 0) is 6.54 Å². The molecule has 0 atom stereocenters. The molecule has 0 aliphatic rings. The molecule has 110 valence electrons. The van der Waals surface area contributed by atoms with Gasteiger partial charge in [0, 0.05) is 24.5 Å². The Morgan fingerprint density at radius 3 is 1.89 bits per heavy atom. The fourth-order valence-electron chi connectivity index (χ4n) is 2.20. The Hall–Kier alpha value is -0.610. The molecule has 0 aliphatic heterocycles. The van der Waals surface area contributed by atoms with E-state index in [9.17, 15) is 0 Å². The zero-order valence-corrected chi connectivity index (χ0v) is 14.0. The summed E-state index contributed by atoms with van der Waals surface area (Å²) in [5.74, 6) is 1.74. The van der Waals surface area contributed by atoms with Crippen molar-refractivity contribution >= 4 is 16.5 Å². The van der Waals surface area contributed by atoms with Crippen molar-refractivity contribution in [1.29, 1.82) is 0 Å². The molecule has 0 amide bonds. The average Bonchev–Trinajstić information content (AvgIpc) is 2.70. The molecule has 0 unspecified atom stereocenters. The van der Waals surface area contributed by atoms with E-state index in [0.717, 1.165) is 18.2 Å². The van der Waals surface area contributed by atoms with Crippen LogP contribution in [0.5, 0.6) is 0 Å². The molecule has 0 saturated heterocycles. The number of rotatable bonds is 7. The normalized spacial score (nSPS) is 11.9. The molecule has 0 fully saturated rings. The van der Waals surface area contributed by atoms with Gasteiger partial charge in [0.15, 0.2) is 5.13 Å². The number of aromatic nitrogens is 1. The molecule has 0 bridgehead atoms. The minimum Gasteiger partial charge on any atom is -0.348 e. The van der Waals surface area contributed by atoms with Gasteiger partial charge in [0.25, 0.3) is 0 Å². The fraction of sp³-hybridized carbons (Fsp3) is 0.800. The molecule has 1 heterocycles. The molecule has 0 saturated carbocycles. The van der Waals surface area contributed by atoms with Gasteiger partial charge in [-0.2, -0.15) is 0 Å². The maximum absolute atomic E-state index is 5.86. The van der Waals surface area contributed by atoms with E-state index in [1.807, 2.05) is 0 Å². The first kappa shape index (κ1) is 16.4. The summed E-state index contributed by atoms with van der Waals surface area (Å²) in [5, 5.41) is 1.14. The lowest BCUT2D eigenvalue weighted by Gasteiger charge is -2.25. The molecular formula is C15H29N3S. The van der Waals surface area contributed by atoms with Gasteiger partial charge >= 0.3 is 0 Å². The second kappa shape index (κ2) is 7.25. The van der Waals surface area contributed by atoms with Crippen LogP contribution < -0.4 is 10.6 Å². The van der Waals surface area contributed by atoms with Crippen molar-refractivity contribution in [3.63, 3.8) is 0 Å². The van der Waals surface area contributed by atoms with Crippen molar-refractivity contribution in [2.24, 2.45) is 17.6 Å². The van der Waals surface area contributed by atoms with Gasteiger partial charge in [-0.05, 0) is 17.8 Å². The third-order valence-electron chi connectivity index (χ3n) is 2.89. The highest BCUT2D eigenvalue weighted by Gasteiger charge is 2.18. The van der Waals surface area contributed by atoms with E-state index in [-0.39, 0.29) is 0 Å². The maximum atomic E-state index is 5.86. The summed E-state index contributed by atoms with van der Waals surface area (Å²) in [7, 11) is 0. The first-order valence-electron chi connectivity index (χ1n) is 7.29. The highest BCUT2D eigenvalue weighted by molar-refractivity contribution is 7.15. The number of hydrogen-bond donors (Lipinski definition) is 1. The van der Waals surface area contributed by atoms with Crippen LogP contribution in [0, 0.1) is 11.8 Å². The molecule has 0 aromatic carbocycles. The third kappa shape index (κ3) is 4.77. The van der Waals surface area contributed by atoms with E-state index < -0.39 is 0 Å². The van der Waals surface area contributed by atoms with Crippen molar-refractivity contribution < 1.29 is 0 Å². The molecule has 19 heavy (non-hydrogen) atoms. The van der Waals surface area contributed by atoms with E-state index in [2.05, 4.69) is 46.4 Å². The summed E-state index contributed by atoms with van der Waals surface area (Å²) in [6.45, 7) is 16.1. The summed E-state index contributed by atoms with van der Waals surface area (Å²) in [6.07, 6.45) is 0. The zero-order chi connectivity index (χ0) is 14.6. The van der Waals surface area contributed by atoms with E-state index in [1.54, 1.807) is 11.3 Å². The second-order valence-electron chi connectivity index (χ2n) is 6.36. The van der Waals surface area contributed by atoms with Crippen LogP contribution in [0.25, 0.3) is 0 Å². The predicted octanol–water partition coefficient (Wildman–Crippen LogP) is 3.84. The van der Waals surface area contributed by atoms with Crippen LogP contribution in [0.2, 0.25) is 0 Å². The van der Waals surface area contributed by atoms with E-state index in [0.29, 0.717) is 24.3 Å². The van der Waals surface area contributed by atoms with E-state index in [1.165, 1.54) is 10.6 Å². The zero-order valence-electron chi connectivity index (χ0n) is 13.2. The lowest BCUT2D eigenvalue weighted by molar-refractivity contribution is 0.551. The number of anilines is 1. The fourth-order valence-corrected chi connectivity index (χ4v) is 3.31. The van der Waals surface area contributed by atoms with Crippen molar-refractivity contribution in [1.82, 2.24) is 4.98 Å². The van der Waals surface area contributed by atoms with Gasteiger partial charge in [-0.15, -0.1) is 11.3 Å². The summed E-state index contributed by atoms with van der Waals surface area (Å²) in [4.78, 5) is 8.51. The van der Waals surface area contributed by atoms with Crippen LogP contribution in [-0.4, -0.2) is 18.1 Å². The molecule has 0 aliphatic carbocycles. The molecule has 3 nitrogen and oxygen atoms in total. The average molecular weight is 283 g/mol. The van der Waals surface area contributed by atoms with Gasteiger partial charge in [-0.1, -0.05) is 41.5 Å². The molecule has 0 radical (unpaired) electrons. The summed E-state index contributed by atoms with van der Waals surface area (Å²) in [6, 6.07) is 0. The van der Waals surface area contributed by atoms with E-state index in [4.69, 9.17) is 10.7 Å². The van der Waals surface area contributed by atoms with Crippen molar-refractivity contribution in [2.45, 2.75) is 54.0 Å². The molecule has 2 N–H and O–H groups in total. The third-order valence-corrected chi connectivity index (χ3v) is 4.04. The SMILES string of the molecule is CC(C)CN(CC(C)C)c1nc(C(C)C)c(CN)s1. The number of nitrogens with zero attached hydrogens (tertiary/aromatic N) is 2. The number of hydrogen-bond acceptors (Lipinski definition) is 4. The molecule has 1 aromatic heterocycles. The smallest absolute Gasteiger partial charge is 0.185 e. The molecule has 1 aromatic rings. The predicted molar refractivity (Wildman–Crippen MR) is 86.0 cm³/mol. The monoisotopic (exact) mass is 283 g/mol. The lowest BCUT2D eigenvalue weighted by atomic mass is 10.1. The van der Waals surface area contributed by atoms with Crippen LogP contribution in [0.3, 0.4) is 0 Å². The quantitative estimate of drug-likeness (QED) is 0.826. The number of nitrogens with two attached hydrogens (primary N) is 1. The van der Waals surface area contributed by atoms with Crippen LogP contribution in [0.4, 0.5) is 5.13 Å². The lowest BCUT2D eigenvalue weighted by Crippen LogP contribution is -2.31. The standard InChI is InChI=1S/C15H29N3S/c1-10(2)8-18(9-11(3)4)15-17-14(12(5)6)13(7-16)19-15/h10-12H,7-9,16H2,1-6H3. The maximum Gasteiger partial charge on any atom is 0.185 e. The van der Waals surface area contributed by atoms with Crippen molar-refractivity contribution in [3.8, 4) is 0 Å².